The van der Waals surface area contributed by atoms with E-state index in [4.69, 9.17) is 0 Å². The predicted molar refractivity (Wildman–Crippen MR) is 161 cm³/mol. The number of fused-ring (bicyclic) bond motifs is 1. The monoisotopic (exact) mass is 689 g/mol. The van der Waals surface area contributed by atoms with E-state index in [2.05, 4.69) is 104 Å². The van der Waals surface area contributed by atoms with Crippen LogP contribution >= 0.6 is 0 Å². The molecule has 0 aliphatic heterocycles. The van der Waals surface area contributed by atoms with Crippen LogP contribution in [0.4, 0.5) is 11.4 Å². The van der Waals surface area contributed by atoms with Crippen molar-refractivity contribution in [1.29, 1.82) is 0 Å². The second-order valence-electron chi connectivity index (χ2n) is 10.1. The van der Waals surface area contributed by atoms with Gasteiger partial charge in [0.25, 0.3) is 0 Å². The first-order valence-electron chi connectivity index (χ1n) is 13.0. The Kier molecular flexibility index (Phi) is 8.03. The summed E-state index contributed by atoms with van der Waals surface area (Å²) in [6, 6.07) is 35.3. The van der Waals surface area contributed by atoms with Crippen LogP contribution in [0, 0.1) is 0 Å². The van der Waals surface area contributed by atoms with E-state index in [0.29, 0.717) is 12.0 Å². The molecule has 0 spiro atoms. The van der Waals surface area contributed by atoms with Crippen molar-refractivity contribution in [3.8, 4) is 11.1 Å². The molecule has 5 rings (SSSR count). The third-order valence-corrected chi connectivity index (χ3v) is 8.36. The minimum absolute atomic E-state index is 0.0735. The van der Waals surface area contributed by atoms with Crippen LogP contribution in [0.2, 0.25) is 3.98 Å². The maximum absolute atomic E-state index is 9.61. The summed E-state index contributed by atoms with van der Waals surface area (Å²) in [6.07, 6.45) is 4.80. The van der Waals surface area contributed by atoms with Crippen molar-refractivity contribution in [2.75, 3.05) is 11.4 Å². The Bertz CT molecular complexity index is 1460. The molecule has 0 heterocycles. The summed E-state index contributed by atoms with van der Waals surface area (Å²) >= 11 is 0.921. The molecule has 0 atom stereocenters. The molecule has 4 aromatic carbocycles. The van der Waals surface area contributed by atoms with Gasteiger partial charge < -0.3 is 10.0 Å². The van der Waals surface area contributed by atoms with Crippen LogP contribution in [0.5, 0.6) is 0 Å². The number of allylic oxidation sites excluding steroid dienone is 3. The van der Waals surface area contributed by atoms with Gasteiger partial charge in [0.05, 0.1) is 0 Å². The summed E-state index contributed by atoms with van der Waals surface area (Å²) < 4.78 is 1.15. The van der Waals surface area contributed by atoms with Crippen LogP contribution < -0.4 is 10.4 Å². The molecule has 0 unspecified atom stereocenters. The van der Waals surface area contributed by atoms with Gasteiger partial charge in [0.1, 0.15) is 0 Å². The van der Waals surface area contributed by atoms with E-state index in [1.807, 2.05) is 18.2 Å². The third kappa shape index (κ3) is 5.30. The van der Waals surface area contributed by atoms with Crippen LogP contribution in [0.3, 0.4) is 0 Å². The van der Waals surface area contributed by atoms with E-state index >= 15 is 0 Å². The second-order valence-corrected chi connectivity index (χ2v) is 12.0. The van der Waals surface area contributed by atoms with Crippen LogP contribution in [0.1, 0.15) is 25.0 Å². The molecule has 3 nitrogen and oxygen atoms in total. The minimum atomic E-state index is -1.48. The van der Waals surface area contributed by atoms with Crippen molar-refractivity contribution in [3.63, 3.8) is 0 Å². The first-order valence-corrected chi connectivity index (χ1v) is 16.2. The molecule has 38 heavy (non-hydrogen) atoms. The van der Waals surface area contributed by atoms with Gasteiger partial charge in [-0.1, -0.05) is 30.3 Å². The molecule has 0 fully saturated rings. The second kappa shape index (κ2) is 11.4. The van der Waals surface area contributed by atoms with E-state index < -0.39 is 7.12 Å². The van der Waals surface area contributed by atoms with Crippen LogP contribution in [0.25, 0.3) is 16.7 Å². The molecule has 0 bridgehead atoms. The first-order chi connectivity index (χ1) is 18.4. The molecule has 4 aromatic rings. The molecule has 186 valence electrons. The normalized spacial score (nSPS) is 16.0. The molecule has 0 radical (unpaired) electrons. The Morgan fingerprint density at radius 1 is 0.737 bits per heavy atom. The summed E-state index contributed by atoms with van der Waals surface area (Å²) in [5.74, 6) is 0. The average Bonchev–Trinajstić information content (AvgIpc) is 3.16. The predicted octanol–water partition coefficient (Wildman–Crippen LogP) is 6.06. The Balaban J connectivity index is 1.54. The molecule has 5 heteroatoms. The fourth-order valence-corrected chi connectivity index (χ4v) is 6.34. The fraction of sp³-hybridized carbons (Fsp3) is 0.152. The van der Waals surface area contributed by atoms with Crippen molar-refractivity contribution in [2.24, 2.45) is 0 Å². The van der Waals surface area contributed by atoms with Gasteiger partial charge in [-0.15, -0.1) is 0 Å². The van der Waals surface area contributed by atoms with E-state index in [0.717, 1.165) is 41.1 Å². The summed E-state index contributed by atoms with van der Waals surface area (Å²) in [7, 11) is -1.48. The zero-order valence-corrected chi connectivity index (χ0v) is 26.4. The van der Waals surface area contributed by atoms with Gasteiger partial charge >= 0.3 is 203 Å². The van der Waals surface area contributed by atoms with Crippen molar-refractivity contribution in [2.45, 2.75) is 23.2 Å². The molecule has 0 saturated heterocycles. The number of anilines is 2. The number of benzene rings is 4. The molecular weight excluding hydrogens is 658 g/mol. The van der Waals surface area contributed by atoms with Gasteiger partial charge in [0.2, 0.25) is 0 Å². The molecule has 0 amide bonds. The maximum atomic E-state index is 9.61. The zero-order chi connectivity index (χ0) is 26.7. The SMILES string of the molecule is CC1(C)C(=C/CN(c2ccc(B(O)O)cc2)c2ccc(-c3ccccc3)cc2)/C(=C\[CH2][Tl])c2ccccc21. The quantitative estimate of drug-likeness (QED) is 0.232. The first kappa shape index (κ1) is 26.7. The number of hydrogen-bond donors (Lipinski definition) is 2. The van der Waals surface area contributed by atoms with E-state index in [-0.39, 0.29) is 5.41 Å². The molecule has 1 aliphatic rings. The van der Waals surface area contributed by atoms with Gasteiger partial charge in [0, 0.05) is 0 Å². The number of rotatable bonds is 7. The van der Waals surface area contributed by atoms with Gasteiger partial charge in [-0.25, -0.2) is 0 Å². The van der Waals surface area contributed by atoms with Gasteiger partial charge in [-0.3, -0.25) is 0 Å². The van der Waals surface area contributed by atoms with E-state index in [9.17, 15) is 10.0 Å². The summed E-state index contributed by atoms with van der Waals surface area (Å²) in [5, 5.41) is 19.2. The summed E-state index contributed by atoms with van der Waals surface area (Å²) in [6.45, 7) is 5.34. The Hall–Kier alpha value is -2.93. The van der Waals surface area contributed by atoms with E-state index in [1.54, 1.807) is 12.1 Å². The standard InChI is InChI=1S/C33H31BNO2.Tl/c1-4-29-30-12-8-9-13-31(30)33(2,3)32(29)22-23-35(28-20-16-26(17-21-28)34(36)37)27-18-14-25(15-19-27)24-10-6-5-7-11-24;/h4-22,36-37H,1,23H2,2-3H3;/b29-4-,32-22+;. The Morgan fingerprint density at radius 2 is 1.32 bits per heavy atom. The van der Waals surface area contributed by atoms with Crippen LogP contribution in [0.15, 0.2) is 121 Å². The van der Waals surface area contributed by atoms with Gasteiger partial charge in [-0.05, 0) is 0 Å². The third-order valence-electron chi connectivity index (χ3n) is 7.44. The molecule has 1 aliphatic carbocycles. The molecular formula is C33H31BNO2Tl. The molecule has 2 N–H and O–H groups in total. The van der Waals surface area contributed by atoms with Crippen molar-refractivity contribution in [3.05, 3.63) is 132 Å². The molecule has 0 saturated carbocycles. The zero-order valence-electron chi connectivity index (χ0n) is 21.9. The fourth-order valence-electron chi connectivity index (χ4n) is 5.43. The van der Waals surface area contributed by atoms with Crippen LogP contribution in [-0.2, 0) is 5.41 Å². The van der Waals surface area contributed by atoms with Crippen molar-refractivity contribution >= 4 is 55.3 Å². The molecule has 0 aromatic heterocycles. The van der Waals surface area contributed by atoms with E-state index in [1.165, 1.54) is 33.4 Å². The summed E-state index contributed by atoms with van der Waals surface area (Å²) in [5.41, 5.74) is 10.3. The Morgan fingerprint density at radius 3 is 1.95 bits per heavy atom. The number of hydrogen-bond acceptors (Lipinski definition) is 3. The van der Waals surface area contributed by atoms with Gasteiger partial charge in [-0.2, -0.15) is 0 Å². The van der Waals surface area contributed by atoms with Gasteiger partial charge in [0.15, 0.2) is 0 Å². The average molecular weight is 689 g/mol. The summed E-state index contributed by atoms with van der Waals surface area (Å²) in [4.78, 5) is 2.29. The Labute approximate surface area is 242 Å². The topological polar surface area (TPSA) is 43.7 Å². The van der Waals surface area contributed by atoms with Crippen molar-refractivity contribution < 1.29 is 10.0 Å². The number of nitrogens with zero attached hydrogens (tertiary/aromatic N) is 1. The van der Waals surface area contributed by atoms with Crippen LogP contribution in [-0.4, -0.2) is 49.5 Å². The van der Waals surface area contributed by atoms with Crippen molar-refractivity contribution in [1.82, 2.24) is 0 Å².